The fourth-order valence-electron chi connectivity index (χ4n) is 2.07. The third-order valence-electron chi connectivity index (χ3n) is 3.06. The van der Waals surface area contributed by atoms with E-state index in [4.69, 9.17) is 5.11 Å². The van der Waals surface area contributed by atoms with Gasteiger partial charge in [-0.15, -0.1) is 0 Å². The number of nitrogens with zero attached hydrogens (tertiary/aromatic N) is 2. The molecule has 0 aliphatic carbocycles. The zero-order chi connectivity index (χ0) is 13.4. The van der Waals surface area contributed by atoms with Crippen molar-refractivity contribution in [1.29, 1.82) is 0 Å². The number of carboxylic acids is 1. The third-order valence-corrected chi connectivity index (χ3v) is 3.06. The zero-order valence-electron chi connectivity index (χ0n) is 10.2. The Morgan fingerprint density at radius 1 is 1.26 bits per heavy atom. The Hall–Kier alpha value is -2.69. The summed E-state index contributed by atoms with van der Waals surface area (Å²) >= 11 is 0. The maximum atomic E-state index is 10.8. The highest BCUT2D eigenvalue weighted by molar-refractivity contribution is 5.90. The van der Waals surface area contributed by atoms with Crippen LogP contribution < -0.4 is 0 Å². The van der Waals surface area contributed by atoms with Crippen molar-refractivity contribution in [3.63, 3.8) is 0 Å². The van der Waals surface area contributed by atoms with E-state index in [1.165, 1.54) is 6.07 Å². The van der Waals surface area contributed by atoms with E-state index < -0.39 is 5.97 Å². The van der Waals surface area contributed by atoms with Crippen LogP contribution in [-0.2, 0) is 0 Å². The Kier molecular flexibility index (Phi) is 2.52. The molecule has 3 aromatic rings. The average Bonchev–Trinajstić information content (AvgIpc) is 2.88. The van der Waals surface area contributed by atoms with E-state index in [2.05, 4.69) is 15.2 Å². The van der Waals surface area contributed by atoms with Crippen molar-refractivity contribution in [2.45, 2.75) is 6.92 Å². The van der Waals surface area contributed by atoms with Crippen molar-refractivity contribution in [3.05, 3.63) is 47.9 Å². The van der Waals surface area contributed by atoms with E-state index in [0.29, 0.717) is 5.69 Å². The molecule has 2 heterocycles. The first-order chi connectivity index (χ1) is 9.15. The second-order valence-electron chi connectivity index (χ2n) is 4.36. The van der Waals surface area contributed by atoms with Gasteiger partial charge in [0.2, 0.25) is 0 Å². The van der Waals surface area contributed by atoms with Gasteiger partial charge in [0, 0.05) is 23.3 Å². The molecule has 0 atom stereocenters. The van der Waals surface area contributed by atoms with Gasteiger partial charge in [-0.1, -0.05) is 12.1 Å². The summed E-state index contributed by atoms with van der Waals surface area (Å²) in [5.74, 6) is -1.02. The van der Waals surface area contributed by atoms with Crippen LogP contribution >= 0.6 is 0 Å². The van der Waals surface area contributed by atoms with E-state index in [-0.39, 0.29) is 5.69 Å². The predicted molar refractivity (Wildman–Crippen MR) is 71.0 cm³/mol. The fraction of sp³-hybridized carbons (Fsp3) is 0.0714. The molecule has 0 amide bonds. The lowest BCUT2D eigenvalue weighted by Crippen LogP contribution is -1.95. The van der Waals surface area contributed by atoms with Gasteiger partial charge in [-0.25, -0.2) is 4.79 Å². The molecule has 0 aliphatic rings. The minimum atomic E-state index is -1.02. The van der Waals surface area contributed by atoms with E-state index in [0.717, 1.165) is 21.9 Å². The van der Waals surface area contributed by atoms with E-state index >= 15 is 0 Å². The first-order valence-corrected chi connectivity index (χ1v) is 5.78. The van der Waals surface area contributed by atoms with Gasteiger partial charge in [-0.05, 0) is 30.0 Å². The summed E-state index contributed by atoms with van der Waals surface area (Å²) in [5.41, 5.74) is 2.67. The van der Waals surface area contributed by atoms with Crippen molar-refractivity contribution in [1.82, 2.24) is 15.2 Å². The Balaban J connectivity index is 2.12. The molecule has 0 bridgehead atoms. The second-order valence-corrected chi connectivity index (χ2v) is 4.36. The average molecular weight is 253 g/mol. The van der Waals surface area contributed by atoms with E-state index in [1.807, 2.05) is 31.3 Å². The van der Waals surface area contributed by atoms with E-state index in [9.17, 15) is 4.79 Å². The van der Waals surface area contributed by atoms with Crippen molar-refractivity contribution in [2.24, 2.45) is 0 Å². The van der Waals surface area contributed by atoms with Crippen molar-refractivity contribution < 1.29 is 9.90 Å². The van der Waals surface area contributed by atoms with Crippen LogP contribution in [-0.4, -0.2) is 26.3 Å². The van der Waals surface area contributed by atoms with Crippen molar-refractivity contribution in [2.75, 3.05) is 0 Å². The summed E-state index contributed by atoms with van der Waals surface area (Å²) in [6.45, 7) is 2.01. The van der Waals surface area contributed by atoms with Gasteiger partial charge < -0.3 is 5.11 Å². The molecule has 0 saturated carbocycles. The molecule has 5 heteroatoms. The number of rotatable bonds is 2. The Morgan fingerprint density at radius 3 is 2.84 bits per heavy atom. The van der Waals surface area contributed by atoms with Crippen LogP contribution in [0.2, 0.25) is 0 Å². The molecule has 0 saturated heterocycles. The maximum Gasteiger partial charge on any atom is 0.353 e. The molecule has 0 unspecified atom stereocenters. The third kappa shape index (κ3) is 1.95. The van der Waals surface area contributed by atoms with Crippen molar-refractivity contribution >= 4 is 16.7 Å². The molecule has 3 rings (SSSR count). The number of carbonyl (C=O) groups is 1. The SMILES string of the molecule is Cc1cncc2cc(-c3cc(C(=O)O)[nH]n3)ccc12. The molecule has 0 radical (unpaired) electrons. The fourth-order valence-corrected chi connectivity index (χ4v) is 2.07. The van der Waals surface area contributed by atoms with Crippen LogP contribution in [0.1, 0.15) is 16.1 Å². The number of aromatic amines is 1. The van der Waals surface area contributed by atoms with Gasteiger partial charge in [0.05, 0.1) is 5.69 Å². The number of hydrogen-bond acceptors (Lipinski definition) is 3. The van der Waals surface area contributed by atoms with Gasteiger partial charge in [0.1, 0.15) is 5.69 Å². The normalized spacial score (nSPS) is 10.8. The molecule has 94 valence electrons. The number of aromatic carboxylic acids is 1. The van der Waals surface area contributed by atoms with Gasteiger partial charge in [-0.2, -0.15) is 5.10 Å². The summed E-state index contributed by atoms with van der Waals surface area (Å²) in [4.78, 5) is 15.0. The Morgan fingerprint density at radius 2 is 2.11 bits per heavy atom. The molecule has 0 spiro atoms. The lowest BCUT2D eigenvalue weighted by Gasteiger charge is -2.03. The first-order valence-electron chi connectivity index (χ1n) is 5.78. The Labute approximate surface area is 108 Å². The molecule has 2 N–H and O–H groups in total. The smallest absolute Gasteiger partial charge is 0.353 e. The molecule has 0 aliphatic heterocycles. The summed E-state index contributed by atoms with van der Waals surface area (Å²) in [6.07, 6.45) is 3.61. The minimum Gasteiger partial charge on any atom is -0.477 e. The van der Waals surface area contributed by atoms with Crippen LogP contribution in [0.3, 0.4) is 0 Å². The lowest BCUT2D eigenvalue weighted by atomic mass is 10.0. The Bertz CT molecular complexity index is 777. The summed E-state index contributed by atoms with van der Waals surface area (Å²) in [5, 5.41) is 17.5. The van der Waals surface area contributed by atoms with Crippen molar-refractivity contribution in [3.8, 4) is 11.3 Å². The standard InChI is InChI=1S/C14H11N3O2/c1-8-6-15-7-10-4-9(2-3-11(8)10)12-5-13(14(18)19)17-16-12/h2-7H,1H3,(H,16,17)(H,18,19). The summed E-state index contributed by atoms with van der Waals surface area (Å²) in [7, 11) is 0. The zero-order valence-corrected chi connectivity index (χ0v) is 10.2. The number of benzene rings is 1. The maximum absolute atomic E-state index is 10.8. The highest BCUT2D eigenvalue weighted by Crippen LogP contribution is 2.24. The molecule has 0 fully saturated rings. The van der Waals surface area contributed by atoms with Crippen LogP contribution in [0.4, 0.5) is 0 Å². The van der Waals surface area contributed by atoms with Crippen LogP contribution in [0.5, 0.6) is 0 Å². The van der Waals surface area contributed by atoms with Crippen LogP contribution in [0, 0.1) is 6.92 Å². The van der Waals surface area contributed by atoms with E-state index in [1.54, 1.807) is 6.20 Å². The first kappa shape index (κ1) is 11.4. The number of nitrogens with one attached hydrogen (secondary N) is 1. The van der Waals surface area contributed by atoms with Gasteiger partial charge in [0.15, 0.2) is 0 Å². The molecule has 2 aromatic heterocycles. The number of hydrogen-bond donors (Lipinski definition) is 2. The number of H-pyrrole nitrogens is 1. The number of carboxylic acid groups (broad SMARTS) is 1. The van der Waals surface area contributed by atoms with Gasteiger partial charge in [0.25, 0.3) is 0 Å². The van der Waals surface area contributed by atoms with Gasteiger partial charge >= 0.3 is 5.97 Å². The molecular weight excluding hydrogens is 242 g/mol. The summed E-state index contributed by atoms with van der Waals surface area (Å²) in [6, 6.07) is 7.40. The number of aromatic nitrogens is 3. The number of fused-ring (bicyclic) bond motifs is 1. The molecule has 1 aromatic carbocycles. The second kappa shape index (κ2) is 4.20. The molecule has 5 nitrogen and oxygen atoms in total. The summed E-state index contributed by atoms with van der Waals surface area (Å²) < 4.78 is 0. The monoisotopic (exact) mass is 253 g/mol. The lowest BCUT2D eigenvalue weighted by molar-refractivity contribution is 0.0690. The minimum absolute atomic E-state index is 0.0810. The highest BCUT2D eigenvalue weighted by atomic mass is 16.4. The predicted octanol–water partition coefficient (Wildman–Crippen LogP) is 2.63. The molecule has 19 heavy (non-hydrogen) atoms. The van der Waals surface area contributed by atoms with Crippen LogP contribution in [0.25, 0.3) is 22.0 Å². The number of aryl methyl sites for hydroxylation is 1. The highest BCUT2D eigenvalue weighted by Gasteiger charge is 2.09. The van der Waals surface area contributed by atoms with Gasteiger partial charge in [-0.3, -0.25) is 10.1 Å². The topological polar surface area (TPSA) is 78.9 Å². The van der Waals surface area contributed by atoms with Crippen LogP contribution in [0.15, 0.2) is 36.7 Å². The molecular formula is C14H11N3O2. The quantitative estimate of drug-likeness (QED) is 0.735. The largest absolute Gasteiger partial charge is 0.477 e. The number of pyridine rings is 1.